The molecule has 2 aliphatic rings. The first-order chi connectivity index (χ1) is 8.22. The van der Waals surface area contributed by atoms with Crippen molar-refractivity contribution in [3.63, 3.8) is 0 Å². The third-order valence-electron chi connectivity index (χ3n) is 4.53. The van der Waals surface area contributed by atoms with Crippen molar-refractivity contribution in [3.05, 3.63) is 12.7 Å². The molecule has 2 rings (SSSR count). The molecule has 0 amide bonds. The first-order valence-corrected chi connectivity index (χ1v) is 7.00. The number of fused-ring (bicyclic) bond motifs is 2. The summed E-state index contributed by atoms with van der Waals surface area (Å²) >= 11 is 0. The molecule has 2 aliphatic heterocycles. The highest BCUT2D eigenvalue weighted by atomic mass is 15.3. The van der Waals surface area contributed by atoms with Crippen LogP contribution in [0.1, 0.15) is 26.2 Å². The normalized spacial score (nSPS) is 32.4. The van der Waals surface area contributed by atoms with Crippen LogP contribution in [-0.4, -0.2) is 61.2 Å². The number of likely N-dealkylation sites (N-methyl/N-ethyl adjacent to an activating group) is 1. The average Bonchev–Trinajstić information content (AvgIpc) is 2.53. The van der Waals surface area contributed by atoms with Crippen LogP contribution in [0.4, 0.5) is 0 Å². The Morgan fingerprint density at radius 1 is 1.35 bits per heavy atom. The molecule has 1 N–H and O–H groups in total. The molecule has 0 aromatic carbocycles. The summed E-state index contributed by atoms with van der Waals surface area (Å²) in [5, 5.41) is 3.43. The number of hydrogen-bond acceptors (Lipinski definition) is 3. The molecule has 2 bridgehead atoms. The molecule has 2 fully saturated rings. The lowest BCUT2D eigenvalue weighted by molar-refractivity contribution is 0.178. The maximum atomic E-state index is 3.74. The summed E-state index contributed by atoms with van der Waals surface area (Å²) in [6.07, 6.45) is 6.09. The van der Waals surface area contributed by atoms with E-state index in [9.17, 15) is 0 Å². The monoisotopic (exact) mass is 237 g/mol. The Balaban J connectivity index is 1.83. The van der Waals surface area contributed by atoms with Gasteiger partial charge in [0.25, 0.3) is 0 Å². The SMILES string of the molecule is C=CCNCC(C)N1CCC2CCC(C1)N2C. The van der Waals surface area contributed by atoms with Crippen LogP contribution < -0.4 is 5.32 Å². The number of nitrogens with zero attached hydrogens (tertiary/aromatic N) is 2. The minimum absolute atomic E-state index is 0.641. The fourth-order valence-corrected chi connectivity index (χ4v) is 3.26. The van der Waals surface area contributed by atoms with Crippen LogP contribution in [0.2, 0.25) is 0 Å². The van der Waals surface area contributed by atoms with Crippen LogP contribution in [-0.2, 0) is 0 Å². The van der Waals surface area contributed by atoms with E-state index in [1.165, 1.54) is 32.4 Å². The Labute approximate surface area is 106 Å². The summed E-state index contributed by atoms with van der Waals surface area (Å²) in [5.41, 5.74) is 0. The fourth-order valence-electron chi connectivity index (χ4n) is 3.26. The summed E-state index contributed by atoms with van der Waals surface area (Å²) in [7, 11) is 2.31. The predicted molar refractivity (Wildman–Crippen MR) is 73.3 cm³/mol. The third-order valence-corrected chi connectivity index (χ3v) is 4.53. The standard InChI is InChI=1S/C14H27N3/c1-4-8-15-10-12(2)17-9-7-13-5-6-14(11-17)16(13)3/h4,12-15H,1,5-11H2,2-3H3. The van der Waals surface area contributed by atoms with Gasteiger partial charge in [0.2, 0.25) is 0 Å². The number of nitrogens with one attached hydrogen (secondary N) is 1. The topological polar surface area (TPSA) is 18.5 Å². The van der Waals surface area contributed by atoms with Crippen molar-refractivity contribution in [2.24, 2.45) is 0 Å². The number of hydrogen-bond donors (Lipinski definition) is 1. The molecular weight excluding hydrogens is 210 g/mol. The highest BCUT2D eigenvalue weighted by Gasteiger charge is 2.35. The largest absolute Gasteiger partial charge is 0.312 e. The van der Waals surface area contributed by atoms with Gasteiger partial charge in [-0.25, -0.2) is 0 Å². The zero-order chi connectivity index (χ0) is 12.3. The molecule has 0 aromatic heterocycles. The molecule has 0 radical (unpaired) electrons. The lowest BCUT2D eigenvalue weighted by Gasteiger charge is -2.31. The maximum Gasteiger partial charge on any atom is 0.0223 e. The molecule has 0 aromatic rings. The van der Waals surface area contributed by atoms with E-state index in [2.05, 4.69) is 35.7 Å². The highest BCUT2D eigenvalue weighted by Crippen LogP contribution is 2.28. The van der Waals surface area contributed by atoms with Gasteiger partial charge in [-0.3, -0.25) is 9.80 Å². The lowest BCUT2D eigenvalue weighted by atomic mass is 10.1. The van der Waals surface area contributed by atoms with Crippen LogP contribution in [0.3, 0.4) is 0 Å². The lowest BCUT2D eigenvalue weighted by Crippen LogP contribution is -2.45. The van der Waals surface area contributed by atoms with Crippen molar-refractivity contribution < 1.29 is 0 Å². The minimum atomic E-state index is 0.641. The molecule has 3 heteroatoms. The van der Waals surface area contributed by atoms with Gasteiger partial charge in [0, 0.05) is 44.3 Å². The van der Waals surface area contributed by atoms with Crippen molar-refractivity contribution in [3.8, 4) is 0 Å². The van der Waals surface area contributed by atoms with Crippen LogP contribution in [0.15, 0.2) is 12.7 Å². The minimum Gasteiger partial charge on any atom is -0.312 e. The predicted octanol–water partition coefficient (Wildman–Crippen LogP) is 1.32. The Kier molecular flexibility index (Phi) is 4.60. The second-order valence-electron chi connectivity index (χ2n) is 5.63. The Morgan fingerprint density at radius 2 is 2.12 bits per heavy atom. The number of rotatable bonds is 5. The highest BCUT2D eigenvalue weighted by molar-refractivity contribution is 4.92. The zero-order valence-electron chi connectivity index (χ0n) is 11.4. The molecule has 2 heterocycles. The average molecular weight is 237 g/mol. The summed E-state index contributed by atoms with van der Waals surface area (Å²) in [6.45, 7) is 10.6. The van der Waals surface area contributed by atoms with Crippen LogP contribution in [0, 0.1) is 0 Å². The number of likely N-dealkylation sites (tertiary alicyclic amines) is 1. The molecule has 3 unspecified atom stereocenters. The van der Waals surface area contributed by atoms with E-state index in [4.69, 9.17) is 0 Å². The van der Waals surface area contributed by atoms with E-state index in [1.807, 2.05) is 6.08 Å². The van der Waals surface area contributed by atoms with Gasteiger partial charge in [-0.05, 0) is 33.2 Å². The molecular formula is C14H27N3. The van der Waals surface area contributed by atoms with Crippen LogP contribution in [0.5, 0.6) is 0 Å². The van der Waals surface area contributed by atoms with Gasteiger partial charge in [0.1, 0.15) is 0 Å². The van der Waals surface area contributed by atoms with Gasteiger partial charge in [-0.1, -0.05) is 6.08 Å². The van der Waals surface area contributed by atoms with Gasteiger partial charge in [-0.15, -0.1) is 6.58 Å². The van der Waals surface area contributed by atoms with E-state index in [-0.39, 0.29) is 0 Å². The fraction of sp³-hybridized carbons (Fsp3) is 0.857. The van der Waals surface area contributed by atoms with Crippen LogP contribution in [0.25, 0.3) is 0 Å². The molecule has 0 saturated carbocycles. The third kappa shape index (κ3) is 3.09. The first kappa shape index (κ1) is 13.1. The molecule has 0 aliphatic carbocycles. The van der Waals surface area contributed by atoms with Gasteiger partial charge in [0.05, 0.1) is 0 Å². The van der Waals surface area contributed by atoms with Crippen molar-refractivity contribution in [2.75, 3.05) is 33.2 Å². The second kappa shape index (κ2) is 5.98. The molecule has 2 saturated heterocycles. The smallest absolute Gasteiger partial charge is 0.0223 e. The Bertz CT molecular complexity index is 254. The van der Waals surface area contributed by atoms with Gasteiger partial charge in [0.15, 0.2) is 0 Å². The molecule has 3 nitrogen and oxygen atoms in total. The zero-order valence-corrected chi connectivity index (χ0v) is 11.4. The van der Waals surface area contributed by atoms with Crippen LogP contribution >= 0.6 is 0 Å². The van der Waals surface area contributed by atoms with Crippen molar-refractivity contribution in [1.82, 2.24) is 15.1 Å². The van der Waals surface area contributed by atoms with Gasteiger partial charge in [-0.2, -0.15) is 0 Å². The Morgan fingerprint density at radius 3 is 2.88 bits per heavy atom. The van der Waals surface area contributed by atoms with E-state index >= 15 is 0 Å². The first-order valence-electron chi connectivity index (χ1n) is 7.00. The maximum absolute atomic E-state index is 3.74. The van der Waals surface area contributed by atoms with Crippen molar-refractivity contribution in [2.45, 2.75) is 44.3 Å². The molecule has 0 spiro atoms. The van der Waals surface area contributed by atoms with Crippen molar-refractivity contribution >= 4 is 0 Å². The summed E-state index contributed by atoms with van der Waals surface area (Å²) < 4.78 is 0. The van der Waals surface area contributed by atoms with Crippen molar-refractivity contribution in [1.29, 1.82) is 0 Å². The summed E-state index contributed by atoms with van der Waals surface area (Å²) in [6, 6.07) is 2.28. The van der Waals surface area contributed by atoms with E-state index in [1.54, 1.807) is 0 Å². The Hall–Kier alpha value is -0.380. The molecule has 3 atom stereocenters. The van der Waals surface area contributed by atoms with E-state index in [0.29, 0.717) is 6.04 Å². The quantitative estimate of drug-likeness (QED) is 0.575. The summed E-state index contributed by atoms with van der Waals surface area (Å²) in [5.74, 6) is 0. The molecule has 17 heavy (non-hydrogen) atoms. The summed E-state index contributed by atoms with van der Waals surface area (Å²) in [4.78, 5) is 5.28. The van der Waals surface area contributed by atoms with E-state index in [0.717, 1.165) is 25.2 Å². The second-order valence-corrected chi connectivity index (χ2v) is 5.63. The van der Waals surface area contributed by atoms with Gasteiger partial charge < -0.3 is 5.32 Å². The van der Waals surface area contributed by atoms with Gasteiger partial charge >= 0.3 is 0 Å². The molecule has 98 valence electrons. The van der Waals surface area contributed by atoms with E-state index < -0.39 is 0 Å².